The highest BCUT2D eigenvalue weighted by Gasteiger charge is 2.64. The van der Waals surface area contributed by atoms with Crippen LogP contribution in [-0.4, -0.2) is 64.3 Å². The van der Waals surface area contributed by atoms with Gasteiger partial charge in [-0.25, -0.2) is 9.93 Å². The fourth-order valence-electron chi connectivity index (χ4n) is 4.22. The van der Waals surface area contributed by atoms with Gasteiger partial charge in [-0.3, -0.25) is 14.4 Å². The lowest BCUT2D eigenvalue weighted by molar-refractivity contribution is -0.161. The Hall–Kier alpha value is -3.66. The Balaban J connectivity index is 1.93. The number of nitrogens with two attached hydrogens (primary N) is 1. The number of anilines is 1. The third-order valence-corrected chi connectivity index (χ3v) is 8.10. The van der Waals surface area contributed by atoms with Gasteiger partial charge in [0.25, 0.3) is 0 Å². The van der Waals surface area contributed by atoms with Crippen LogP contribution in [0.3, 0.4) is 0 Å². The minimum atomic E-state index is -4.73. The van der Waals surface area contributed by atoms with Crippen molar-refractivity contribution in [2.24, 2.45) is 5.14 Å². The van der Waals surface area contributed by atoms with Crippen molar-refractivity contribution in [1.82, 2.24) is 10.2 Å². The molecule has 3 rings (SSSR count). The standard InChI is InChI=1S/C20H20N6O7S2/c1-9(27)26(35(23,32)33)15-10(4-5-11(7-21)12(15)8-22)6-13(28)24-14-17(29)25-16(19(30)31)20(2,3)34-18(14)25/h4-5,14,16,18H,6H2,1-3H3,(H,24,28)(H,30,31)(H2,23,32,33)/t14-,16+,18-/m1/s1. The maximum absolute atomic E-state index is 12.8. The van der Waals surface area contributed by atoms with E-state index in [1.807, 2.05) is 0 Å². The van der Waals surface area contributed by atoms with Crippen molar-refractivity contribution in [3.8, 4) is 12.1 Å². The molecule has 0 radical (unpaired) electrons. The largest absolute Gasteiger partial charge is 0.480 e. The van der Waals surface area contributed by atoms with E-state index in [1.54, 1.807) is 26.0 Å². The maximum atomic E-state index is 12.8. The van der Waals surface area contributed by atoms with Crippen molar-refractivity contribution >= 4 is 51.3 Å². The number of thioether (sulfide) groups is 1. The quantitative estimate of drug-likeness (QED) is 0.395. The number of amides is 3. The smallest absolute Gasteiger partial charge is 0.327 e. The van der Waals surface area contributed by atoms with Gasteiger partial charge in [-0.2, -0.15) is 23.2 Å². The van der Waals surface area contributed by atoms with Crippen LogP contribution in [0.15, 0.2) is 12.1 Å². The molecule has 4 N–H and O–H groups in total. The molecule has 0 unspecified atom stereocenters. The highest BCUT2D eigenvalue weighted by Crippen LogP contribution is 2.50. The van der Waals surface area contributed by atoms with Crippen molar-refractivity contribution in [2.45, 2.75) is 49.4 Å². The Morgan fingerprint density at radius 1 is 1.29 bits per heavy atom. The molecule has 3 atom stereocenters. The van der Waals surface area contributed by atoms with Crippen LogP contribution in [0.5, 0.6) is 0 Å². The Labute approximate surface area is 204 Å². The Kier molecular flexibility index (Phi) is 6.56. The van der Waals surface area contributed by atoms with Crippen LogP contribution in [0, 0.1) is 22.7 Å². The molecular weight excluding hydrogens is 500 g/mol. The average Bonchev–Trinajstić information content (AvgIpc) is 2.99. The number of carboxylic acid groups (broad SMARTS) is 1. The van der Waals surface area contributed by atoms with Crippen molar-refractivity contribution in [1.29, 1.82) is 10.5 Å². The molecule has 0 spiro atoms. The topological polar surface area (TPSA) is 215 Å². The number of aliphatic carboxylic acids is 1. The number of carbonyl (C=O) groups excluding carboxylic acids is 3. The van der Waals surface area contributed by atoms with Crippen LogP contribution in [0.4, 0.5) is 5.69 Å². The van der Waals surface area contributed by atoms with E-state index in [0.717, 1.165) is 6.92 Å². The van der Waals surface area contributed by atoms with Crippen molar-refractivity contribution in [3.05, 3.63) is 28.8 Å². The number of hydrogen-bond acceptors (Lipinski definition) is 9. The molecule has 2 aliphatic heterocycles. The molecule has 184 valence electrons. The number of nitrogens with one attached hydrogen (secondary N) is 1. The third kappa shape index (κ3) is 4.41. The molecule has 2 heterocycles. The normalized spacial score (nSPS) is 22.3. The zero-order valence-corrected chi connectivity index (χ0v) is 20.3. The summed E-state index contributed by atoms with van der Waals surface area (Å²) in [4.78, 5) is 50.4. The molecule has 15 heteroatoms. The van der Waals surface area contributed by atoms with Gasteiger partial charge in [-0.15, -0.1) is 11.8 Å². The van der Waals surface area contributed by atoms with Gasteiger partial charge >= 0.3 is 16.2 Å². The fourth-order valence-corrected chi connectivity index (χ4v) is 6.67. The maximum Gasteiger partial charge on any atom is 0.327 e. The van der Waals surface area contributed by atoms with Crippen LogP contribution >= 0.6 is 11.8 Å². The third-order valence-electron chi connectivity index (χ3n) is 5.58. The number of carboxylic acids is 1. The van der Waals surface area contributed by atoms with Crippen LogP contribution in [-0.2, 0) is 35.8 Å². The molecule has 1 aromatic rings. The molecule has 35 heavy (non-hydrogen) atoms. The number of nitriles is 2. The summed E-state index contributed by atoms with van der Waals surface area (Å²) in [6.45, 7) is 4.24. The first kappa shape index (κ1) is 26.0. The molecular formula is C20H20N6O7S2. The predicted molar refractivity (Wildman–Crippen MR) is 122 cm³/mol. The van der Waals surface area contributed by atoms with Crippen molar-refractivity contribution < 1.29 is 32.7 Å². The second kappa shape index (κ2) is 8.84. The van der Waals surface area contributed by atoms with Crippen LogP contribution in [0.25, 0.3) is 0 Å². The monoisotopic (exact) mass is 520 g/mol. The number of benzene rings is 1. The highest BCUT2D eigenvalue weighted by molar-refractivity contribution is 8.01. The second-order valence-corrected chi connectivity index (χ2v) is 11.5. The van der Waals surface area contributed by atoms with E-state index >= 15 is 0 Å². The number of carbonyl (C=O) groups is 4. The number of rotatable bonds is 6. The van der Waals surface area contributed by atoms with Crippen molar-refractivity contribution in [2.75, 3.05) is 4.31 Å². The predicted octanol–water partition coefficient (Wildman–Crippen LogP) is -0.839. The first-order valence-electron chi connectivity index (χ1n) is 9.97. The molecule has 2 saturated heterocycles. The van der Waals surface area contributed by atoms with E-state index < -0.39 is 73.8 Å². The molecule has 13 nitrogen and oxygen atoms in total. The minimum absolute atomic E-state index is 0.103. The molecule has 0 bridgehead atoms. The first-order valence-corrected chi connectivity index (χ1v) is 12.4. The molecule has 2 fully saturated rings. The van der Waals surface area contributed by atoms with E-state index in [0.29, 0.717) is 0 Å². The van der Waals surface area contributed by atoms with E-state index in [9.17, 15) is 43.2 Å². The fraction of sp³-hybridized carbons (Fsp3) is 0.400. The van der Waals surface area contributed by atoms with E-state index in [1.165, 1.54) is 28.8 Å². The SMILES string of the molecule is CC(=O)N(c1c(CC(=O)N[C@@H]2C(=O)N3[C@@H]2SC(C)(C)[C@@H]3C(=O)O)ccc(C#N)c1C#N)S(N)(=O)=O. The lowest BCUT2D eigenvalue weighted by atomic mass is 9.95. The van der Waals surface area contributed by atoms with Gasteiger partial charge in [0.2, 0.25) is 17.7 Å². The summed E-state index contributed by atoms with van der Waals surface area (Å²) in [5, 5.41) is 35.4. The Bertz CT molecular complexity index is 1340. The van der Waals surface area contributed by atoms with Gasteiger partial charge in [0.15, 0.2) is 0 Å². The molecule has 0 aliphatic carbocycles. The summed E-state index contributed by atoms with van der Waals surface area (Å²) >= 11 is 1.22. The zero-order valence-electron chi connectivity index (χ0n) is 18.7. The van der Waals surface area contributed by atoms with Gasteiger partial charge in [0, 0.05) is 11.7 Å². The number of β-lactam (4-membered cyclic amide) rings is 1. The van der Waals surface area contributed by atoms with E-state index in [2.05, 4.69) is 5.32 Å². The summed E-state index contributed by atoms with van der Waals surface area (Å²) < 4.78 is 23.6. The number of hydrogen-bond donors (Lipinski definition) is 3. The van der Waals surface area contributed by atoms with Crippen LogP contribution in [0.1, 0.15) is 37.5 Å². The molecule has 3 amide bonds. The summed E-state index contributed by atoms with van der Waals surface area (Å²) in [5.74, 6) is -3.58. The summed E-state index contributed by atoms with van der Waals surface area (Å²) in [6, 6.07) is 3.70. The second-order valence-electron chi connectivity index (χ2n) is 8.37. The molecule has 2 aliphatic rings. The highest BCUT2D eigenvalue weighted by atomic mass is 32.2. The minimum Gasteiger partial charge on any atom is -0.480 e. The van der Waals surface area contributed by atoms with Crippen LogP contribution < -0.4 is 14.8 Å². The first-order chi connectivity index (χ1) is 16.2. The lowest BCUT2D eigenvalue weighted by Gasteiger charge is -2.43. The lowest BCUT2D eigenvalue weighted by Crippen LogP contribution is -2.70. The van der Waals surface area contributed by atoms with E-state index in [-0.39, 0.29) is 15.4 Å². The summed E-state index contributed by atoms with van der Waals surface area (Å²) in [5.41, 5.74) is -1.34. The number of fused-ring (bicyclic) bond motifs is 1. The van der Waals surface area contributed by atoms with Crippen molar-refractivity contribution in [3.63, 3.8) is 0 Å². The summed E-state index contributed by atoms with van der Waals surface area (Å²) in [7, 11) is -4.73. The Morgan fingerprint density at radius 2 is 1.91 bits per heavy atom. The van der Waals surface area contributed by atoms with Gasteiger partial charge in [-0.1, -0.05) is 6.07 Å². The Morgan fingerprint density at radius 3 is 2.40 bits per heavy atom. The molecule has 0 aromatic heterocycles. The van der Waals surface area contributed by atoms with E-state index in [4.69, 9.17) is 5.14 Å². The zero-order chi connectivity index (χ0) is 26.5. The van der Waals surface area contributed by atoms with Gasteiger partial charge in [0.1, 0.15) is 29.6 Å². The van der Waals surface area contributed by atoms with Gasteiger partial charge in [0.05, 0.1) is 23.2 Å². The summed E-state index contributed by atoms with van der Waals surface area (Å²) in [6.07, 6.45) is -0.568. The molecule has 0 saturated carbocycles. The number of nitrogens with zero attached hydrogens (tertiary/aromatic N) is 4. The van der Waals surface area contributed by atoms with Crippen LogP contribution in [0.2, 0.25) is 0 Å². The van der Waals surface area contributed by atoms with Gasteiger partial charge < -0.3 is 15.3 Å². The van der Waals surface area contributed by atoms with Gasteiger partial charge in [-0.05, 0) is 25.5 Å². The average molecular weight is 521 g/mol. The molecule has 1 aromatic carbocycles.